The number of pyridine rings is 1. The summed E-state index contributed by atoms with van der Waals surface area (Å²) in [5.41, 5.74) is 5.06. The van der Waals surface area contributed by atoms with E-state index in [1.54, 1.807) is 6.20 Å². The van der Waals surface area contributed by atoms with Crippen LogP contribution in [0.4, 0.5) is 5.69 Å². The predicted octanol–water partition coefficient (Wildman–Crippen LogP) is 2.78. The van der Waals surface area contributed by atoms with Crippen LogP contribution in [0.15, 0.2) is 36.7 Å². The maximum absolute atomic E-state index is 12.7. The van der Waals surface area contributed by atoms with Crippen LogP contribution in [0.2, 0.25) is 0 Å². The summed E-state index contributed by atoms with van der Waals surface area (Å²) < 4.78 is 5.33. The zero-order chi connectivity index (χ0) is 16.9. The number of rotatable bonds is 4. The molecule has 1 amide bonds. The van der Waals surface area contributed by atoms with Crippen molar-refractivity contribution in [3.05, 3.63) is 58.9 Å². The minimum atomic E-state index is 0.0829. The van der Waals surface area contributed by atoms with E-state index >= 15 is 0 Å². The monoisotopic (exact) mass is 325 g/mol. The Morgan fingerprint density at radius 3 is 2.75 bits per heavy atom. The van der Waals surface area contributed by atoms with Crippen molar-refractivity contribution in [1.29, 1.82) is 0 Å². The van der Waals surface area contributed by atoms with Gasteiger partial charge in [-0.25, -0.2) is 0 Å². The second-order valence-corrected chi connectivity index (χ2v) is 6.09. The number of hydrogen-bond acceptors (Lipinski definition) is 4. The zero-order valence-electron chi connectivity index (χ0n) is 14.2. The Bertz CT molecular complexity index is 724. The molecule has 5 nitrogen and oxygen atoms in total. The lowest BCUT2D eigenvalue weighted by atomic mass is 10.1. The summed E-state index contributed by atoms with van der Waals surface area (Å²) in [7, 11) is 0. The van der Waals surface area contributed by atoms with Crippen LogP contribution in [-0.4, -0.2) is 42.1 Å². The van der Waals surface area contributed by atoms with E-state index in [-0.39, 0.29) is 5.91 Å². The Labute approximate surface area is 142 Å². The largest absolute Gasteiger partial charge is 0.381 e. The van der Waals surface area contributed by atoms with Crippen molar-refractivity contribution >= 4 is 11.6 Å². The lowest BCUT2D eigenvalue weighted by Gasteiger charge is -2.27. The molecule has 24 heavy (non-hydrogen) atoms. The first-order valence-corrected chi connectivity index (χ1v) is 8.26. The third-order valence-corrected chi connectivity index (χ3v) is 4.39. The Balaban J connectivity index is 1.73. The minimum absolute atomic E-state index is 0.0829. The SMILES string of the molecule is Cc1cnccc1CNc1ccc(C)c(C(=O)N2CCOCC2)c1. The van der Waals surface area contributed by atoms with E-state index in [1.807, 2.05) is 49.2 Å². The molecule has 0 bridgehead atoms. The van der Waals surface area contributed by atoms with Gasteiger partial charge in [0.05, 0.1) is 13.2 Å². The summed E-state index contributed by atoms with van der Waals surface area (Å²) in [6.07, 6.45) is 3.66. The molecule has 5 heteroatoms. The predicted molar refractivity (Wildman–Crippen MR) is 94.2 cm³/mol. The highest BCUT2D eigenvalue weighted by Crippen LogP contribution is 2.19. The fraction of sp³-hybridized carbons (Fsp3) is 0.368. The Hall–Kier alpha value is -2.40. The number of aryl methyl sites for hydroxylation is 2. The smallest absolute Gasteiger partial charge is 0.254 e. The molecule has 0 saturated carbocycles. The van der Waals surface area contributed by atoms with E-state index in [0.717, 1.165) is 22.4 Å². The molecule has 0 spiro atoms. The fourth-order valence-corrected chi connectivity index (χ4v) is 2.80. The molecule has 1 aliphatic rings. The van der Waals surface area contributed by atoms with Gasteiger partial charge in [0.15, 0.2) is 0 Å². The van der Waals surface area contributed by atoms with Crippen LogP contribution in [0.3, 0.4) is 0 Å². The molecule has 1 fully saturated rings. The van der Waals surface area contributed by atoms with Gasteiger partial charge in [-0.3, -0.25) is 9.78 Å². The van der Waals surface area contributed by atoms with Gasteiger partial charge in [0.2, 0.25) is 0 Å². The van der Waals surface area contributed by atoms with Crippen LogP contribution < -0.4 is 5.32 Å². The number of ether oxygens (including phenoxy) is 1. The molecule has 2 aromatic rings. The summed E-state index contributed by atoms with van der Waals surface area (Å²) in [5, 5.41) is 3.40. The molecule has 3 rings (SSSR count). The molecule has 1 aliphatic heterocycles. The van der Waals surface area contributed by atoms with Gasteiger partial charge in [0.25, 0.3) is 5.91 Å². The zero-order valence-corrected chi connectivity index (χ0v) is 14.2. The third kappa shape index (κ3) is 3.74. The lowest BCUT2D eigenvalue weighted by molar-refractivity contribution is 0.0302. The van der Waals surface area contributed by atoms with Gasteiger partial charge in [-0.15, -0.1) is 0 Å². The summed E-state index contributed by atoms with van der Waals surface area (Å²) in [4.78, 5) is 18.7. The van der Waals surface area contributed by atoms with E-state index in [2.05, 4.69) is 10.3 Å². The topological polar surface area (TPSA) is 54.5 Å². The third-order valence-electron chi connectivity index (χ3n) is 4.39. The summed E-state index contributed by atoms with van der Waals surface area (Å²) in [5.74, 6) is 0.0829. The van der Waals surface area contributed by atoms with E-state index in [4.69, 9.17) is 4.74 Å². The van der Waals surface area contributed by atoms with Gasteiger partial charge in [0.1, 0.15) is 0 Å². The first kappa shape index (κ1) is 16.5. The van der Waals surface area contributed by atoms with Crippen molar-refractivity contribution in [1.82, 2.24) is 9.88 Å². The number of benzene rings is 1. The molecule has 1 aromatic heterocycles. The second-order valence-electron chi connectivity index (χ2n) is 6.09. The van der Waals surface area contributed by atoms with Crippen molar-refractivity contribution in [2.24, 2.45) is 0 Å². The highest BCUT2D eigenvalue weighted by atomic mass is 16.5. The average Bonchev–Trinajstić information content (AvgIpc) is 2.62. The number of hydrogen-bond donors (Lipinski definition) is 1. The molecule has 1 saturated heterocycles. The van der Waals surface area contributed by atoms with Crippen molar-refractivity contribution < 1.29 is 9.53 Å². The number of amides is 1. The average molecular weight is 325 g/mol. The Morgan fingerprint density at radius 1 is 1.21 bits per heavy atom. The number of carbonyl (C=O) groups is 1. The van der Waals surface area contributed by atoms with E-state index in [0.29, 0.717) is 32.8 Å². The van der Waals surface area contributed by atoms with Crippen molar-refractivity contribution in [2.75, 3.05) is 31.6 Å². The minimum Gasteiger partial charge on any atom is -0.381 e. The second kappa shape index (κ2) is 7.45. The normalized spacial score (nSPS) is 14.5. The summed E-state index contributed by atoms with van der Waals surface area (Å²) in [6.45, 7) is 7.28. The number of morpholine rings is 1. The molecular formula is C19H23N3O2. The van der Waals surface area contributed by atoms with E-state index in [1.165, 1.54) is 5.56 Å². The highest BCUT2D eigenvalue weighted by molar-refractivity contribution is 5.96. The molecule has 0 atom stereocenters. The van der Waals surface area contributed by atoms with Crippen LogP contribution in [0.5, 0.6) is 0 Å². The van der Waals surface area contributed by atoms with Gasteiger partial charge in [-0.2, -0.15) is 0 Å². The van der Waals surface area contributed by atoms with Gasteiger partial charge in [-0.05, 0) is 48.7 Å². The van der Waals surface area contributed by atoms with Crippen LogP contribution in [0, 0.1) is 13.8 Å². The van der Waals surface area contributed by atoms with Crippen LogP contribution >= 0.6 is 0 Å². The number of nitrogens with one attached hydrogen (secondary N) is 1. The Kier molecular flexibility index (Phi) is 5.11. The van der Waals surface area contributed by atoms with Crippen LogP contribution in [0.25, 0.3) is 0 Å². The molecule has 0 aliphatic carbocycles. The van der Waals surface area contributed by atoms with E-state index < -0.39 is 0 Å². The molecule has 0 radical (unpaired) electrons. The summed E-state index contributed by atoms with van der Waals surface area (Å²) in [6, 6.07) is 7.97. The van der Waals surface area contributed by atoms with Gasteiger partial charge in [-0.1, -0.05) is 6.07 Å². The first-order chi connectivity index (χ1) is 11.6. The standard InChI is InChI=1S/C19H23N3O2/c1-14-3-4-17(21-13-16-5-6-20-12-15(16)2)11-18(14)19(23)22-7-9-24-10-8-22/h3-6,11-12,21H,7-10,13H2,1-2H3. The van der Waals surface area contributed by atoms with Crippen molar-refractivity contribution in [3.8, 4) is 0 Å². The van der Waals surface area contributed by atoms with Crippen LogP contribution in [-0.2, 0) is 11.3 Å². The number of nitrogens with zero attached hydrogens (tertiary/aromatic N) is 2. The molecule has 1 N–H and O–H groups in total. The quantitative estimate of drug-likeness (QED) is 0.939. The van der Waals surface area contributed by atoms with Gasteiger partial charge >= 0.3 is 0 Å². The fourth-order valence-electron chi connectivity index (χ4n) is 2.80. The maximum Gasteiger partial charge on any atom is 0.254 e. The van der Waals surface area contributed by atoms with Crippen molar-refractivity contribution in [3.63, 3.8) is 0 Å². The van der Waals surface area contributed by atoms with E-state index in [9.17, 15) is 4.79 Å². The molecule has 2 heterocycles. The van der Waals surface area contributed by atoms with Gasteiger partial charge < -0.3 is 15.0 Å². The van der Waals surface area contributed by atoms with Crippen LogP contribution in [0.1, 0.15) is 27.0 Å². The highest BCUT2D eigenvalue weighted by Gasteiger charge is 2.20. The van der Waals surface area contributed by atoms with Gasteiger partial charge in [0, 0.05) is 43.3 Å². The molecule has 126 valence electrons. The number of aromatic nitrogens is 1. The molecular weight excluding hydrogens is 302 g/mol. The number of carbonyl (C=O) groups excluding carboxylic acids is 1. The van der Waals surface area contributed by atoms with Crippen molar-refractivity contribution in [2.45, 2.75) is 20.4 Å². The Morgan fingerprint density at radius 2 is 2.00 bits per heavy atom. The number of anilines is 1. The molecule has 1 aromatic carbocycles. The molecule has 0 unspecified atom stereocenters. The maximum atomic E-state index is 12.7. The summed E-state index contributed by atoms with van der Waals surface area (Å²) >= 11 is 0. The first-order valence-electron chi connectivity index (χ1n) is 8.26. The lowest BCUT2D eigenvalue weighted by Crippen LogP contribution is -2.40.